The molecule has 9 nitrogen and oxygen atoms in total. The van der Waals surface area contributed by atoms with Gasteiger partial charge in [-0.2, -0.15) is 5.26 Å². The predicted octanol–water partition coefficient (Wildman–Crippen LogP) is 1.80. The molecular weight excluding hydrogens is 374 g/mol. The van der Waals surface area contributed by atoms with Crippen molar-refractivity contribution in [2.45, 2.75) is 32.1 Å². The fourth-order valence-corrected chi connectivity index (χ4v) is 3.28. The number of hydrogen-bond acceptors (Lipinski definition) is 7. The first-order valence-corrected chi connectivity index (χ1v) is 8.92. The molecule has 2 heterocycles. The Bertz CT molecular complexity index is 1030. The number of amides is 1. The quantitative estimate of drug-likeness (QED) is 0.696. The highest BCUT2D eigenvalue weighted by atomic mass is 16.5. The van der Waals surface area contributed by atoms with E-state index in [9.17, 15) is 10.1 Å². The van der Waals surface area contributed by atoms with Gasteiger partial charge in [0.25, 0.3) is 5.91 Å². The number of nitrogens with two attached hydrogens (primary N) is 2. The summed E-state index contributed by atoms with van der Waals surface area (Å²) >= 11 is 0. The molecule has 2 aromatic rings. The fraction of sp³-hybridized carbons (Fsp3) is 0.350. The molecule has 1 aliphatic rings. The molecule has 1 aromatic carbocycles. The van der Waals surface area contributed by atoms with E-state index in [1.54, 1.807) is 18.2 Å². The first kappa shape index (κ1) is 20.1. The highest BCUT2D eigenvalue weighted by Gasteiger charge is 2.38. The van der Waals surface area contributed by atoms with Gasteiger partial charge in [0.2, 0.25) is 11.8 Å². The Kier molecular flexibility index (Phi) is 5.12. The molecule has 152 valence electrons. The summed E-state index contributed by atoms with van der Waals surface area (Å²) in [5, 5.41) is 17.0. The summed E-state index contributed by atoms with van der Waals surface area (Å²) in [6.45, 7) is 5.83. The lowest BCUT2D eigenvalue weighted by atomic mass is 9.79. The van der Waals surface area contributed by atoms with Crippen LogP contribution in [0.2, 0.25) is 0 Å². The Morgan fingerprint density at radius 1 is 1.38 bits per heavy atom. The average molecular weight is 397 g/mol. The van der Waals surface area contributed by atoms with Crippen molar-refractivity contribution in [3.63, 3.8) is 0 Å². The number of methoxy groups -OCH3 is 1. The van der Waals surface area contributed by atoms with Crippen LogP contribution in [-0.2, 0) is 10.2 Å². The highest BCUT2D eigenvalue weighted by Crippen LogP contribution is 2.46. The summed E-state index contributed by atoms with van der Waals surface area (Å²) < 4.78 is 16.4. The van der Waals surface area contributed by atoms with Gasteiger partial charge in [-0.1, -0.05) is 26.8 Å². The van der Waals surface area contributed by atoms with Crippen LogP contribution in [0.3, 0.4) is 0 Å². The number of primary amides is 1. The van der Waals surface area contributed by atoms with Crippen LogP contribution in [0, 0.1) is 11.3 Å². The first-order valence-electron chi connectivity index (χ1n) is 8.92. The van der Waals surface area contributed by atoms with Crippen LogP contribution in [0.5, 0.6) is 17.4 Å². The van der Waals surface area contributed by atoms with E-state index in [0.717, 1.165) is 16.8 Å². The topological polar surface area (TPSA) is 149 Å². The zero-order valence-electron chi connectivity index (χ0n) is 16.7. The maximum Gasteiger partial charge on any atom is 0.255 e. The summed E-state index contributed by atoms with van der Waals surface area (Å²) in [6.07, 6.45) is 0. The van der Waals surface area contributed by atoms with Gasteiger partial charge in [-0.05, 0) is 17.7 Å². The smallest absolute Gasteiger partial charge is 0.255 e. The molecule has 0 saturated carbocycles. The first-order chi connectivity index (χ1) is 13.7. The average Bonchev–Trinajstić information content (AvgIpc) is 3.08. The van der Waals surface area contributed by atoms with Crippen LogP contribution in [0.15, 0.2) is 29.7 Å². The summed E-state index contributed by atoms with van der Waals surface area (Å²) in [6, 6.07) is 7.34. The molecule has 0 radical (unpaired) electrons. The van der Waals surface area contributed by atoms with Gasteiger partial charge in [0.15, 0.2) is 18.1 Å². The van der Waals surface area contributed by atoms with Crippen molar-refractivity contribution in [3.8, 4) is 23.4 Å². The van der Waals surface area contributed by atoms with Crippen molar-refractivity contribution < 1.29 is 19.0 Å². The number of carbonyl (C=O) groups is 1. The van der Waals surface area contributed by atoms with Crippen molar-refractivity contribution in [2.24, 2.45) is 11.5 Å². The number of hydrogen-bond donors (Lipinski definition) is 3. The molecule has 1 atom stereocenters. The van der Waals surface area contributed by atoms with Gasteiger partial charge in [0, 0.05) is 11.1 Å². The minimum atomic E-state index is -0.596. The van der Waals surface area contributed by atoms with Gasteiger partial charge in [-0.25, -0.2) is 0 Å². The fourth-order valence-electron chi connectivity index (χ4n) is 3.28. The normalized spacial score (nSPS) is 15.9. The Hall–Kier alpha value is -3.67. The largest absolute Gasteiger partial charge is 0.493 e. The third-order valence-electron chi connectivity index (χ3n) is 4.58. The summed E-state index contributed by atoms with van der Waals surface area (Å²) in [7, 11) is 1.49. The van der Waals surface area contributed by atoms with E-state index in [4.69, 9.17) is 25.7 Å². The van der Waals surface area contributed by atoms with E-state index in [0.29, 0.717) is 17.4 Å². The van der Waals surface area contributed by atoms with Crippen molar-refractivity contribution in [2.75, 3.05) is 13.7 Å². The van der Waals surface area contributed by atoms with Gasteiger partial charge in [-0.3, -0.25) is 9.89 Å². The number of nitrogens with one attached hydrogen (secondary N) is 1. The Labute approximate surface area is 168 Å². The number of aromatic nitrogens is 2. The van der Waals surface area contributed by atoms with Crippen molar-refractivity contribution in [3.05, 3.63) is 46.5 Å². The van der Waals surface area contributed by atoms with Gasteiger partial charge in [-0.15, -0.1) is 5.10 Å². The zero-order chi connectivity index (χ0) is 21.3. The second-order valence-electron chi connectivity index (χ2n) is 7.66. The number of nitriles is 1. The monoisotopic (exact) mass is 397 g/mol. The second kappa shape index (κ2) is 7.39. The molecule has 5 N–H and O–H groups in total. The Morgan fingerprint density at radius 2 is 2.10 bits per heavy atom. The van der Waals surface area contributed by atoms with Crippen molar-refractivity contribution in [1.29, 1.82) is 5.26 Å². The Morgan fingerprint density at radius 3 is 2.69 bits per heavy atom. The maximum absolute atomic E-state index is 11.0. The number of carbonyl (C=O) groups excluding carboxylic acids is 1. The van der Waals surface area contributed by atoms with Crippen molar-refractivity contribution in [1.82, 2.24) is 10.2 Å². The third kappa shape index (κ3) is 3.69. The van der Waals surface area contributed by atoms with Crippen LogP contribution in [0.25, 0.3) is 0 Å². The predicted molar refractivity (Wildman–Crippen MR) is 104 cm³/mol. The molecular formula is C20H23N5O4. The van der Waals surface area contributed by atoms with E-state index >= 15 is 0 Å². The van der Waals surface area contributed by atoms with E-state index in [2.05, 4.69) is 16.3 Å². The highest BCUT2D eigenvalue weighted by molar-refractivity contribution is 5.75. The number of rotatable bonds is 5. The second-order valence-corrected chi connectivity index (χ2v) is 7.66. The Balaban J connectivity index is 2.15. The van der Waals surface area contributed by atoms with Crippen LogP contribution < -0.4 is 25.7 Å². The van der Waals surface area contributed by atoms with Crippen LogP contribution in [0.4, 0.5) is 0 Å². The molecule has 3 rings (SSSR count). The molecule has 0 spiro atoms. The summed E-state index contributed by atoms with van der Waals surface area (Å²) in [5.41, 5.74) is 13.5. The lowest BCUT2D eigenvalue weighted by molar-refractivity contribution is -0.119. The van der Waals surface area contributed by atoms with E-state index < -0.39 is 11.8 Å². The molecule has 1 aromatic heterocycles. The van der Waals surface area contributed by atoms with Crippen LogP contribution in [-0.4, -0.2) is 29.8 Å². The maximum atomic E-state index is 11.0. The number of fused-ring (bicyclic) bond motifs is 1. The summed E-state index contributed by atoms with van der Waals surface area (Å²) in [5.74, 6) is 0.000575. The lowest BCUT2D eigenvalue weighted by Crippen LogP contribution is -2.24. The van der Waals surface area contributed by atoms with Gasteiger partial charge in [0.1, 0.15) is 11.6 Å². The van der Waals surface area contributed by atoms with Crippen molar-refractivity contribution >= 4 is 5.91 Å². The van der Waals surface area contributed by atoms with Gasteiger partial charge < -0.3 is 25.7 Å². The number of allylic oxidation sites excluding steroid dienone is 1. The zero-order valence-corrected chi connectivity index (χ0v) is 16.7. The number of benzene rings is 1. The van der Waals surface area contributed by atoms with E-state index in [1.807, 2.05) is 20.8 Å². The number of aromatic amines is 1. The third-order valence-corrected chi connectivity index (χ3v) is 4.58. The van der Waals surface area contributed by atoms with E-state index in [1.165, 1.54) is 7.11 Å². The van der Waals surface area contributed by atoms with Crippen LogP contribution in [0.1, 0.15) is 43.5 Å². The molecule has 29 heavy (non-hydrogen) atoms. The molecule has 0 bridgehead atoms. The molecule has 9 heteroatoms. The standard InChI is InChI=1S/C20H23N5O4/c1-20(2,3)17-16-15(11(8-21)18(23)29-19(16)25-24-17)10-5-6-12(13(7-10)27-4)28-9-14(22)26/h5-7,15H,9,23H2,1-4H3,(H2,22,26)(H,24,25)/t15-/m1/s1. The summed E-state index contributed by atoms with van der Waals surface area (Å²) in [4.78, 5) is 11.0. The SMILES string of the molecule is COc1cc([C@@H]2C(C#N)=C(N)Oc3n[nH]c(C(C)(C)C)c32)ccc1OCC(N)=O. The molecule has 1 amide bonds. The molecule has 1 aliphatic heterocycles. The van der Waals surface area contributed by atoms with Crippen LogP contribution >= 0.6 is 0 Å². The van der Waals surface area contributed by atoms with Gasteiger partial charge >= 0.3 is 0 Å². The molecule has 0 saturated heterocycles. The minimum absolute atomic E-state index is 0.00461. The number of H-pyrrole nitrogens is 1. The number of ether oxygens (including phenoxy) is 3. The number of nitrogens with zero attached hydrogens (tertiary/aromatic N) is 2. The van der Waals surface area contributed by atoms with Gasteiger partial charge in [0.05, 0.1) is 18.6 Å². The van der Waals surface area contributed by atoms with E-state index in [-0.39, 0.29) is 23.5 Å². The molecule has 0 aliphatic carbocycles. The molecule has 0 fully saturated rings. The molecule has 0 unspecified atom stereocenters. The lowest BCUT2D eigenvalue weighted by Gasteiger charge is -2.27. The minimum Gasteiger partial charge on any atom is -0.493 e.